The minimum atomic E-state index is -4.44. The zero-order chi connectivity index (χ0) is 15.9. The topological polar surface area (TPSA) is 59.6 Å². The Labute approximate surface area is 144 Å². The van der Waals surface area contributed by atoms with Crippen LogP contribution in [-0.4, -0.2) is 25.7 Å². The largest absolute Gasteiger partial charge is 0.491 e. The molecule has 8 heteroatoms. The van der Waals surface area contributed by atoms with E-state index in [2.05, 4.69) is 16.9 Å². The van der Waals surface area contributed by atoms with E-state index in [1.807, 2.05) is 6.92 Å². The van der Waals surface area contributed by atoms with Crippen molar-refractivity contribution in [2.24, 2.45) is 10.7 Å². The van der Waals surface area contributed by atoms with Gasteiger partial charge in [0, 0.05) is 0 Å². The number of hydrogen-bond donors (Lipinski definition) is 2. The highest BCUT2D eigenvalue weighted by Crippen LogP contribution is 2.35. The molecule has 0 radical (unpaired) electrons. The molecule has 4 nitrogen and oxygen atoms in total. The first kappa shape index (κ1) is 20.6. The third kappa shape index (κ3) is 7.53. The molecule has 0 aliphatic rings. The van der Waals surface area contributed by atoms with Crippen LogP contribution < -0.4 is 15.8 Å². The summed E-state index contributed by atoms with van der Waals surface area (Å²) in [6.45, 7) is 6.17. The zero-order valence-corrected chi connectivity index (χ0v) is 14.4. The van der Waals surface area contributed by atoms with Crippen LogP contribution in [0.2, 0.25) is 0 Å². The van der Waals surface area contributed by atoms with Crippen molar-refractivity contribution >= 4 is 29.9 Å². The Morgan fingerprint density at radius 3 is 2.59 bits per heavy atom. The molecule has 3 N–H and O–H groups in total. The van der Waals surface area contributed by atoms with E-state index >= 15 is 0 Å². The van der Waals surface area contributed by atoms with E-state index in [-0.39, 0.29) is 48.8 Å². The van der Waals surface area contributed by atoms with Crippen molar-refractivity contribution < 1.29 is 17.9 Å². The molecule has 0 atom stereocenters. The molecule has 0 saturated carbocycles. The molecule has 124 valence electrons. The molecular formula is C14H19F3IN3O. The molecule has 1 aromatic rings. The third-order valence-electron chi connectivity index (χ3n) is 2.38. The fraction of sp³-hybridized carbons (Fsp3) is 0.357. The van der Waals surface area contributed by atoms with Crippen molar-refractivity contribution in [1.29, 1.82) is 0 Å². The molecule has 0 heterocycles. The monoisotopic (exact) mass is 429 g/mol. The Morgan fingerprint density at radius 1 is 1.36 bits per heavy atom. The van der Waals surface area contributed by atoms with Gasteiger partial charge in [-0.05, 0) is 19.1 Å². The van der Waals surface area contributed by atoms with E-state index < -0.39 is 11.7 Å². The normalized spacial score (nSPS) is 11.5. The van der Waals surface area contributed by atoms with Crippen molar-refractivity contribution in [2.75, 3.05) is 19.7 Å². The molecule has 1 aromatic carbocycles. The fourth-order valence-electron chi connectivity index (χ4n) is 1.44. The SMILES string of the molecule is C=C(C)CN=C(N)NCCOc1ccccc1C(F)(F)F.I. The second kappa shape index (κ2) is 9.54. The first-order valence-corrected chi connectivity index (χ1v) is 6.28. The summed E-state index contributed by atoms with van der Waals surface area (Å²) in [6, 6.07) is 5.06. The van der Waals surface area contributed by atoms with Gasteiger partial charge in [-0.2, -0.15) is 13.2 Å². The van der Waals surface area contributed by atoms with Crippen LogP contribution in [0.15, 0.2) is 41.4 Å². The zero-order valence-electron chi connectivity index (χ0n) is 12.1. The first-order chi connectivity index (χ1) is 9.80. The van der Waals surface area contributed by atoms with Gasteiger partial charge >= 0.3 is 6.18 Å². The predicted molar refractivity (Wildman–Crippen MR) is 91.7 cm³/mol. The van der Waals surface area contributed by atoms with Gasteiger partial charge in [0.25, 0.3) is 0 Å². The average molecular weight is 429 g/mol. The molecule has 0 aliphatic carbocycles. The standard InChI is InChI=1S/C14H18F3N3O.HI/c1-10(2)9-20-13(18)19-7-8-21-12-6-4-3-5-11(12)14(15,16)17;/h3-6H,1,7-9H2,2H3,(H3,18,19,20);1H. The molecule has 0 fully saturated rings. The van der Waals surface area contributed by atoms with Crippen molar-refractivity contribution in [1.82, 2.24) is 5.32 Å². The van der Waals surface area contributed by atoms with Gasteiger partial charge in [0.15, 0.2) is 5.96 Å². The Morgan fingerprint density at radius 2 is 2.00 bits per heavy atom. The van der Waals surface area contributed by atoms with E-state index in [0.29, 0.717) is 6.54 Å². The van der Waals surface area contributed by atoms with Crippen LogP contribution >= 0.6 is 24.0 Å². The van der Waals surface area contributed by atoms with Crippen molar-refractivity contribution in [3.8, 4) is 5.75 Å². The van der Waals surface area contributed by atoms with Gasteiger partial charge in [0.2, 0.25) is 0 Å². The molecule has 0 saturated heterocycles. The van der Waals surface area contributed by atoms with Crippen LogP contribution in [0.4, 0.5) is 13.2 Å². The first-order valence-electron chi connectivity index (χ1n) is 6.28. The Kier molecular flexibility index (Phi) is 8.91. The molecule has 0 unspecified atom stereocenters. The predicted octanol–water partition coefficient (Wildman–Crippen LogP) is 3.18. The van der Waals surface area contributed by atoms with Crippen LogP contribution in [0, 0.1) is 0 Å². The number of ether oxygens (including phenoxy) is 1. The highest BCUT2D eigenvalue weighted by molar-refractivity contribution is 14.0. The quantitative estimate of drug-likeness (QED) is 0.240. The maximum Gasteiger partial charge on any atom is 0.419 e. The summed E-state index contributed by atoms with van der Waals surface area (Å²) in [6.07, 6.45) is -4.44. The number of nitrogens with two attached hydrogens (primary N) is 1. The van der Waals surface area contributed by atoms with Crippen LogP contribution in [0.25, 0.3) is 0 Å². The van der Waals surface area contributed by atoms with Gasteiger partial charge in [0.1, 0.15) is 12.4 Å². The number of nitrogens with one attached hydrogen (secondary N) is 1. The molecule has 1 rings (SSSR count). The summed E-state index contributed by atoms with van der Waals surface area (Å²) in [5.41, 5.74) is 5.62. The summed E-state index contributed by atoms with van der Waals surface area (Å²) in [5, 5.41) is 2.75. The Balaban J connectivity index is 0.00000441. The molecule has 22 heavy (non-hydrogen) atoms. The van der Waals surface area contributed by atoms with Crippen molar-refractivity contribution in [3.05, 3.63) is 42.0 Å². The lowest BCUT2D eigenvalue weighted by Crippen LogP contribution is -2.35. The third-order valence-corrected chi connectivity index (χ3v) is 2.38. The Bertz CT molecular complexity index is 518. The van der Waals surface area contributed by atoms with Gasteiger partial charge < -0.3 is 15.8 Å². The molecule has 0 aliphatic heterocycles. The molecular weight excluding hydrogens is 410 g/mol. The van der Waals surface area contributed by atoms with Gasteiger partial charge in [-0.25, -0.2) is 4.99 Å². The summed E-state index contributed by atoms with van der Waals surface area (Å²) in [4.78, 5) is 3.97. The summed E-state index contributed by atoms with van der Waals surface area (Å²) >= 11 is 0. The number of guanidine groups is 1. The maximum absolute atomic E-state index is 12.7. The van der Waals surface area contributed by atoms with E-state index in [1.165, 1.54) is 18.2 Å². The van der Waals surface area contributed by atoms with Gasteiger partial charge in [-0.15, -0.1) is 24.0 Å². The molecule has 0 aromatic heterocycles. The number of alkyl halides is 3. The van der Waals surface area contributed by atoms with Gasteiger partial charge in [0.05, 0.1) is 18.7 Å². The maximum atomic E-state index is 12.7. The summed E-state index contributed by atoms with van der Waals surface area (Å²) < 4.78 is 43.3. The van der Waals surface area contributed by atoms with E-state index in [4.69, 9.17) is 10.5 Å². The van der Waals surface area contributed by atoms with Gasteiger partial charge in [-0.1, -0.05) is 24.3 Å². The number of aliphatic imine (C=N–C) groups is 1. The van der Waals surface area contributed by atoms with E-state index in [1.54, 1.807) is 0 Å². The average Bonchev–Trinajstić information content (AvgIpc) is 2.40. The number of rotatable bonds is 6. The Hall–Kier alpha value is -1.45. The minimum absolute atomic E-state index is 0. The highest BCUT2D eigenvalue weighted by Gasteiger charge is 2.33. The smallest absolute Gasteiger partial charge is 0.419 e. The summed E-state index contributed by atoms with van der Waals surface area (Å²) in [5.74, 6) is -0.00467. The van der Waals surface area contributed by atoms with E-state index in [9.17, 15) is 13.2 Å². The van der Waals surface area contributed by atoms with Crippen LogP contribution in [0.5, 0.6) is 5.75 Å². The molecule has 0 spiro atoms. The van der Waals surface area contributed by atoms with Gasteiger partial charge in [-0.3, -0.25) is 0 Å². The van der Waals surface area contributed by atoms with Crippen LogP contribution in [0.3, 0.4) is 0 Å². The number of para-hydroxylation sites is 1. The lowest BCUT2D eigenvalue weighted by atomic mass is 10.2. The highest BCUT2D eigenvalue weighted by atomic mass is 127. The fourth-order valence-corrected chi connectivity index (χ4v) is 1.44. The van der Waals surface area contributed by atoms with Crippen LogP contribution in [-0.2, 0) is 6.18 Å². The second-order valence-electron chi connectivity index (χ2n) is 4.43. The summed E-state index contributed by atoms with van der Waals surface area (Å²) in [7, 11) is 0. The van der Waals surface area contributed by atoms with E-state index in [0.717, 1.165) is 11.6 Å². The molecule has 0 bridgehead atoms. The number of hydrogen-bond acceptors (Lipinski definition) is 2. The van der Waals surface area contributed by atoms with Crippen molar-refractivity contribution in [3.63, 3.8) is 0 Å². The minimum Gasteiger partial charge on any atom is -0.491 e. The number of halogens is 4. The number of benzene rings is 1. The van der Waals surface area contributed by atoms with Crippen LogP contribution in [0.1, 0.15) is 12.5 Å². The molecule has 0 amide bonds. The lowest BCUT2D eigenvalue weighted by molar-refractivity contribution is -0.138. The second-order valence-corrected chi connectivity index (χ2v) is 4.43. The number of nitrogens with zero attached hydrogens (tertiary/aromatic N) is 1. The lowest BCUT2D eigenvalue weighted by Gasteiger charge is -2.14. The van der Waals surface area contributed by atoms with Crippen molar-refractivity contribution in [2.45, 2.75) is 13.1 Å².